The fourth-order valence-electron chi connectivity index (χ4n) is 2.68. The second-order valence-electron chi connectivity index (χ2n) is 5.45. The number of aliphatic hydroxyl groups is 2. The minimum atomic E-state index is -2.15. The van der Waals surface area contributed by atoms with Crippen molar-refractivity contribution in [2.24, 2.45) is 0 Å². The monoisotopic (exact) mass is 327 g/mol. The minimum absolute atomic E-state index is 0.0551. The number of aromatic nitrogens is 4. The maximum Gasteiger partial charge on any atom is 0.247 e. The summed E-state index contributed by atoms with van der Waals surface area (Å²) in [4.78, 5) is 12.1. The Morgan fingerprint density at radius 3 is 2.87 bits per heavy atom. The molecule has 0 spiro atoms. The molecule has 4 atom stereocenters. The van der Waals surface area contributed by atoms with Gasteiger partial charge in [0.05, 0.1) is 19.5 Å². The number of rotatable bonds is 4. The minimum Gasteiger partial charge on any atom is -0.476 e. The van der Waals surface area contributed by atoms with Crippen molar-refractivity contribution in [1.82, 2.24) is 19.5 Å². The summed E-state index contributed by atoms with van der Waals surface area (Å²) in [6.07, 6.45) is -2.43. The normalized spacial score (nSPS) is 30.9. The van der Waals surface area contributed by atoms with E-state index in [-0.39, 0.29) is 17.5 Å². The zero-order valence-corrected chi connectivity index (χ0v) is 12.7. The summed E-state index contributed by atoms with van der Waals surface area (Å²) in [5.74, 6) is 0.132. The predicted octanol–water partition coefficient (Wildman–Crippen LogP) is -0.214. The van der Waals surface area contributed by atoms with Crippen LogP contribution in [0.25, 0.3) is 11.2 Å². The Bertz CT molecular complexity index is 722. The number of hydrogen-bond donors (Lipinski definition) is 3. The quantitative estimate of drug-likeness (QED) is 0.703. The molecule has 10 heteroatoms. The molecule has 1 saturated heterocycles. The standard InChI is InChI=1S/C13H18FN5O4/c1-3-22-10-7-9(17-12(15)18-10)19(5-16-7)11-13(2,14)8(21)6(4-20)23-11/h5-6,8,11,20-21H,3-4H2,1-2H3,(H2,15,17,18)/t6-,8-,11-,13?/m1/s1. The van der Waals surface area contributed by atoms with Crippen LogP contribution in [0, 0.1) is 0 Å². The molecule has 2 aromatic rings. The zero-order valence-electron chi connectivity index (χ0n) is 12.7. The van der Waals surface area contributed by atoms with Gasteiger partial charge in [0, 0.05) is 0 Å². The van der Waals surface area contributed by atoms with Gasteiger partial charge < -0.3 is 25.4 Å². The van der Waals surface area contributed by atoms with Crippen LogP contribution in [0.3, 0.4) is 0 Å². The van der Waals surface area contributed by atoms with Gasteiger partial charge in [0.1, 0.15) is 12.2 Å². The lowest BCUT2D eigenvalue weighted by molar-refractivity contribution is -0.0566. The lowest BCUT2D eigenvalue weighted by Crippen LogP contribution is -2.40. The Hall–Kier alpha value is -2.04. The average molecular weight is 327 g/mol. The highest BCUT2D eigenvalue weighted by atomic mass is 19.1. The van der Waals surface area contributed by atoms with Gasteiger partial charge in [-0.15, -0.1) is 0 Å². The maximum absolute atomic E-state index is 14.9. The molecule has 0 saturated carbocycles. The number of ether oxygens (including phenoxy) is 2. The zero-order chi connectivity index (χ0) is 16.8. The summed E-state index contributed by atoms with van der Waals surface area (Å²) in [7, 11) is 0. The molecule has 3 heterocycles. The maximum atomic E-state index is 14.9. The second-order valence-corrected chi connectivity index (χ2v) is 5.45. The van der Waals surface area contributed by atoms with Crippen molar-refractivity contribution in [2.45, 2.75) is 38.0 Å². The van der Waals surface area contributed by atoms with Crippen LogP contribution in [-0.4, -0.2) is 60.8 Å². The third-order valence-electron chi connectivity index (χ3n) is 3.84. The molecule has 2 aromatic heterocycles. The largest absolute Gasteiger partial charge is 0.476 e. The number of aliphatic hydroxyl groups excluding tert-OH is 2. The second kappa shape index (κ2) is 5.55. The van der Waals surface area contributed by atoms with Crippen LogP contribution in [0.2, 0.25) is 0 Å². The van der Waals surface area contributed by atoms with Crippen molar-refractivity contribution in [3.8, 4) is 5.88 Å². The smallest absolute Gasteiger partial charge is 0.247 e. The van der Waals surface area contributed by atoms with Gasteiger partial charge in [-0.05, 0) is 13.8 Å². The van der Waals surface area contributed by atoms with E-state index < -0.39 is 30.7 Å². The van der Waals surface area contributed by atoms with Gasteiger partial charge in [-0.25, -0.2) is 9.37 Å². The average Bonchev–Trinajstić information content (AvgIpc) is 3.00. The first kappa shape index (κ1) is 15.8. The van der Waals surface area contributed by atoms with Crippen LogP contribution < -0.4 is 10.5 Å². The number of hydrogen-bond acceptors (Lipinski definition) is 8. The highest BCUT2D eigenvalue weighted by Gasteiger charge is 2.55. The van der Waals surface area contributed by atoms with E-state index in [1.54, 1.807) is 6.92 Å². The number of alkyl halides is 1. The fraction of sp³-hybridized carbons (Fsp3) is 0.615. The number of fused-ring (bicyclic) bond motifs is 1. The van der Waals surface area contributed by atoms with Gasteiger partial charge in [0.15, 0.2) is 23.1 Å². The Morgan fingerprint density at radius 1 is 1.52 bits per heavy atom. The first-order valence-electron chi connectivity index (χ1n) is 7.16. The Morgan fingerprint density at radius 2 is 2.26 bits per heavy atom. The summed E-state index contributed by atoms with van der Waals surface area (Å²) >= 11 is 0. The first-order chi connectivity index (χ1) is 10.9. The fourth-order valence-corrected chi connectivity index (χ4v) is 2.68. The molecule has 1 unspecified atom stereocenters. The Kier molecular flexibility index (Phi) is 3.82. The number of halogens is 1. The summed E-state index contributed by atoms with van der Waals surface area (Å²) < 4.78 is 27.0. The van der Waals surface area contributed by atoms with Crippen molar-refractivity contribution in [3.63, 3.8) is 0 Å². The van der Waals surface area contributed by atoms with Crippen molar-refractivity contribution in [1.29, 1.82) is 0 Å². The molecule has 0 radical (unpaired) electrons. The molecule has 1 aliphatic heterocycles. The van der Waals surface area contributed by atoms with Gasteiger partial charge in [-0.1, -0.05) is 0 Å². The van der Waals surface area contributed by atoms with Crippen molar-refractivity contribution >= 4 is 17.1 Å². The van der Waals surface area contributed by atoms with Crippen LogP contribution >= 0.6 is 0 Å². The third kappa shape index (κ3) is 2.38. The third-order valence-corrected chi connectivity index (χ3v) is 3.84. The predicted molar refractivity (Wildman–Crippen MR) is 77.4 cm³/mol. The van der Waals surface area contributed by atoms with Gasteiger partial charge in [-0.3, -0.25) is 4.57 Å². The summed E-state index contributed by atoms with van der Waals surface area (Å²) in [5.41, 5.74) is 4.05. The van der Waals surface area contributed by atoms with Crippen LogP contribution in [0.5, 0.6) is 5.88 Å². The summed E-state index contributed by atoms with van der Waals surface area (Å²) in [5, 5.41) is 19.2. The van der Waals surface area contributed by atoms with Crippen LogP contribution in [0.15, 0.2) is 6.33 Å². The molecule has 0 aliphatic carbocycles. The van der Waals surface area contributed by atoms with E-state index in [4.69, 9.17) is 15.2 Å². The highest BCUT2D eigenvalue weighted by molar-refractivity contribution is 5.77. The molecule has 1 aliphatic rings. The van der Waals surface area contributed by atoms with Crippen LogP contribution in [-0.2, 0) is 4.74 Å². The van der Waals surface area contributed by atoms with E-state index >= 15 is 0 Å². The molecule has 4 N–H and O–H groups in total. The van der Waals surface area contributed by atoms with E-state index in [1.807, 2.05) is 0 Å². The number of anilines is 1. The van der Waals surface area contributed by atoms with E-state index in [1.165, 1.54) is 17.8 Å². The molecule has 0 aromatic carbocycles. The molecular formula is C13H18FN5O4. The Balaban J connectivity index is 2.10. The number of nitrogens with zero attached hydrogens (tertiary/aromatic N) is 4. The van der Waals surface area contributed by atoms with E-state index in [9.17, 15) is 14.6 Å². The van der Waals surface area contributed by atoms with Crippen molar-refractivity contribution < 1.29 is 24.1 Å². The van der Waals surface area contributed by atoms with Crippen molar-refractivity contribution in [3.05, 3.63) is 6.33 Å². The Labute approximate surface area is 130 Å². The van der Waals surface area contributed by atoms with Crippen molar-refractivity contribution in [2.75, 3.05) is 18.9 Å². The van der Waals surface area contributed by atoms with E-state index in [0.717, 1.165) is 0 Å². The lowest BCUT2D eigenvalue weighted by atomic mass is 9.98. The molecule has 23 heavy (non-hydrogen) atoms. The van der Waals surface area contributed by atoms with Gasteiger partial charge in [0.25, 0.3) is 0 Å². The topological polar surface area (TPSA) is 129 Å². The van der Waals surface area contributed by atoms with Crippen LogP contribution in [0.4, 0.5) is 10.3 Å². The molecule has 1 fully saturated rings. The molecule has 126 valence electrons. The summed E-state index contributed by atoms with van der Waals surface area (Å²) in [6, 6.07) is 0. The molecular weight excluding hydrogens is 309 g/mol. The number of nitrogen functional groups attached to an aromatic ring is 1. The SMILES string of the molecule is CCOc1nc(N)nc2c1ncn2[C@@H]1O[C@H](CO)[C@@H](O)C1(C)F. The lowest BCUT2D eigenvalue weighted by Gasteiger charge is -2.24. The molecule has 9 nitrogen and oxygen atoms in total. The molecule has 0 bridgehead atoms. The van der Waals surface area contributed by atoms with E-state index in [2.05, 4.69) is 15.0 Å². The van der Waals surface area contributed by atoms with E-state index in [0.29, 0.717) is 12.1 Å². The molecule has 3 rings (SSSR count). The van der Waals surface area contributed by atoms with Crippen LogP contribution in [0.1, 0.15) is 20.1 Å². The first-order valence-corrected chi connectivity index (χ1v) is 7.16. The summed E-state index contributed by atoms with van der Waals surface area (Å²) in [6.45, 7) is 2.81. The van der Waals surface area contributed by atoms with Gasteiger partial charge in [-0.2, -0.15) is 9.97 Å². The molecule has 0 amide bonds. The highest BCUT2D eigenvalue weighted by Crippen LogP contribution is 2.42. The number of imidazole rings is 1. The van der Waals surface area contributed by atoms with Gasteiger partial charge >= 0.3 is 0 Å². The number of nitrogens with two attached hydrogens (primary N) is 1. The van der Waals surface area contributed by atoms with Gasteiger partial charge in [0.2, 0.25) is 11.8 Å².